The molecule has 0 radical (unpaired) electrons. The summed E-state index contributed by atoms with van der Waals surface area (Å²) in [5.74, 6) is -0.117. The van der Waals surface area contributed by atoms with Crippen molar-refractivity contribution in [1.29, 1.82) is 0 Å². The van der Waals surface area contributed by atoms with Crippen molar-refractivity contribution in [3.8, 4) is 0 Å². The van der Waals surface area contributed by atoms with Gasteiger partial charge in [0.05, 0.1) is 11.4 Å². The molecule has 0 saturated carbocycles. The Labute approximate surface area is 162 Å². The number of nitrogens with two attached hydrogens (primary N) is 1. The third kappa shape index (κ3) is 4.44. The number of nitrogens with zero attached hydrogens (tertiary/aromatic N) is 1. The third-order valence-corrected chi connectivity index (χ3v) is 5.41. The average molecular weight is 366 g/mol. The summed E-state index contributed by atoms with van der Waals surface area (Å²) in [6.07, 6.45) is 3.68. The summed E-state index contributed by atoms with van der Waals surface area (Å²) < 4.78 is 0. The van der Waals surface area contributed by atoms with Crippen LogP contribution in [0.2, 0.25) is 0 Å². The highest BCUT2D eigenvalue weighted by molar-refractivity contribution is 6.04. The van der Waals surface area contributed by atoms with Crippen LogP contribution in [-0.4, -0.2) is 18.5 Å². The Balaban J connectivity index is 1.72. The molecule has 1 fully saturated rings. The predicted molar refractivity (Wildman–Crippen MR) is 115 cm³/mol. The Morgan fingerprint density at radius 3 is 2.41 bits per heavy atom. The highest BCUT2D eigenvalue weighted by Crippen LogP contribution is 2.31. The van der Waals surface area contributed by atoms with Crippen LogP contribution in [0.15, 0.2) is 42.5 Å². The van der Waals surface area contributed by atoms with Gasteiger partial charge >= 0.3 is 0 Å². The first-order chi connectivity index (χ1) is 12.8. The van der Waals surface area contributed by atoms with Crippen molar-refractivity contribution in [2.24, 2.45) is 0 Å². The third-order valence-electron chi connectivity index (χ3n) is 5.41. The molecule has 3 N–H and O–H groups in total. The number of anilines is 3. The van der Waals surface area contributed by atoms with Crippen molar-refractivity contribution in [1.82, 2.24) is 0 Å². The molecular formula is C23H31N3O. The van der Waals surface area contributed by atoms with Gasteiger partial charge in [0.15, 0.2) is 0 Å². The van der Waals surface area contributed by atoms with Crippen LogP contribution < -0.4 is 16.0 Å². The maximum atomic E-state index is 12.6. The Morgan fingerprint density at radius 1 is 1.11 bits per heavy atom. The molecule has 1 aliphatic heterocycles. The molecule has 4 nitrogen and oxygen atoms in total. The molecule has 1 saturated heterocycles. The fraction of sp³-hybridized carbons (Fsp3) is 0.435. The summed E-state index contributed by atoms with van der Waals surface area (Å²) in [5, 5.41) is 2.96. The van der Waals surface area contributed by atoms with E-state index in [1.54, 1.807) is 0 Å². The quantitative estimate of drug-likeness (QED) is 0.735. The van der Waals surface area contributed by atoms with E-state index in [0.29, 0.717) is 17.3 Å². The minimum Gasteiger partial charge on any atom is -0.397 e. The van der Waals surface area contributed by atoms with Crippen molar-refractivity contribution in [3.05, 3.63) is 53.6 Å². The van der Waals surface area contributed by atoms with E-state index in [9.17, 15) is 4.79 Å². The van der Waals surface area contributed by atoms with E-state index >= 15 is 0 Å². The minimum atomic E-state index is -0.117. The van der Waals surface area contributed by atoms with Crippen molar-refractivity contribution in [3.63, 3.8) is 0 Å². The van der Waals surface area contributed by atoms with Gasteiger partial charge in [-0.05, 0) is 67.5 Å². The van der Waals surface area contributed by atoms with Gasteiger partial charge in [0.1, 0.15) is 0 Å². The van der Waals surface area contributed by atoms with Crippen LogP contribution in [-0.2, 0) is 5.41 Å². The zero-order valence-corrected chi connectivity index (χ0v) is 16.9. The summed E-state index contributed by atoms with van der Waals surface area (Å²) in [6, 6.07) is 14.1. The molecule has 2 aromatic rings. The second-order valence-electron chi connectivity index (χ2n) is 8.59. The van der Waals surface area contributed by atoms with Crippen molar-refractivity contribution in [2.45, 2.75) is 58.4 Å². The van der Waals surface area contributed by atoms with Gasteiger partial charge < -0.3 is 16.0 Å². The number of hydrogen-bond acceptors (Lipinski definition) is 3. The van der Waals surface area contributed by atoms with Gasteiger partial charge in [0.2, 0.25) is 0 Å². The van der Waals surface area contributed by atoms with Crippen LogP contribution in [0, 0.1) is 0 Å². The number of amides is 1. The summed E-state index contributed by atoms with van der Waals surface area (Å²) in [5.41, 5.74) is 10.7. The van der Waals surface area contributed by atoms with Gasteiger partial charge in [-0.2, -0.15) is 0 Å². The first kappa shape index (κ1) is 19.3. The van der Waals surface area contributed by atoms with E-state index < -0.39 is 0 Å². The fourth-order valence-electron chi connectivity index (χ4n) is 3.67. The lowest BCUT2D eigenvalue weighted by Crippen LogP contribution is -2.37. The molecule has 1 amide bonds. The van der Waals surface area contributed by atoms with Gasteiger partial charge in [-0.3, -0.25) is 4.79 Å². The number of carbonyl (C=O) groups is 1. The van der Waals surface area contributed by atoms with E-state index in [4.69, 9.17) is 5.73 Å². The number of piperidine rings is 1. The molecular weight excluding hydrogens is 334 g/mol. The zero-order chi connectivity index (χ0) is 19.6. The number of rotatable bonds is 3. The number of carbonyl (C=O) groups excluding carboxylic acids is 1. The fourth-order valence-corrected chi connectivity index (χ4v) is 3.67. The van der Waals surface area contributed by atoms with Gasteiger partial charge in [-0.15, -0.1) is 0 Å². The molecule has 1 heterocycles. The summed E-state index contributed by atoms with van der Waals surface area (Å²) in [7, 11) is 0. The normalized spacial score (nSPS) is 17.6. The smallest absolute Gasteiger partial charge is 0.255 e. The van der Waals surface area contributed by atoms with E-state index in [1.165, 1.54) is 24.8 Å². The monoisotopic (exact) mass is 365 g/mol. The second-order valence-corrected chi connectivity index (χ2v) is 8.59. The summed E-state index contributed by atoms with van der Waals surface area (Å²) in [4.78, 5) is 14.9. The maximum Gasteiger partial charge on any atom is 0.255 e. The molecule has 1 aliphatic rings. The van der Waals surface area contributed by atoms with Gasteiger partial charge in [0.25, 0.3) is 5.91 Å². The van der Waals surface area contributed by atoms with E-state index in [0.717, 1.165) is 17.9 Å². The lowest BCUT2D eigenvalue weighted by molar-refractivity contribution is 0.102. The Bertz CT molecular complexity index is 805. The van der Waals surface area contributed by atoms with Crippen molar-refractivity contribution in [2.75, 3.05) is 22.5 Å². The van der Waals surface area contributed by atoms with Crippen LogP contribution >= 0.6 is 0 Å². The molecule has 27 heavy (non-hydrogen) atoms. The maximum absolute atomic E-state index is 12.6. The molecule has 0 bridgehead atoms. The largest absolute Gasteiger partial charge is 0.397 e. The SMILES string of the molecule is C[C@@H]1CCCCN1c1ccc(NC(=O)c2ccc(C(C)(C)C)cc2)cc1N. The van der Waals surface area contributed by atoms with Gasteiger partial charge in [-0.1, -0.05) is 32.9 Å². The molecule has 0 spiro atoms. The van der Waals surface area contributed by atoms with E-state index in [1.807, 2.05) is 42.5 Å². The van der Waals surface area contributed by atoms with Crippen LogP contribution in [0.3, 0.4) is 0 Å². The van der Waals surface area contributed by atoms with Gasteiger partial charge in [-0.25, -0.2) is 0 Å². The molecule has 0 aliphatic carbocycles. The lowest BCUT2D eigenvalue weighted by atomic mass is 9.87. The van der Waals surface area contributed by atoms with Gasteiger partial charge in [0, 0.05) is 23.8 Å². The predicted octanol–water partition coefficient (Wildman–Crippen LogP) is 5.20. The molecule has 1 atom stereocenters. The second kappa shape index (κ2) is 7.63. The first-order valence-corrected chi connectivity index (χ1v) is 9.84. The zero-order valence-electron chi connectivity index (χ0n) is 16.9. The standard InChI is InChI=1S/C23H31N3O/c1-16-7-5-6-14-26(16)21-13-12-19(15-20(21)24)25-22(27)17-8-10-18(11-9-17)23(2,3)4/h8-13,15-16H,5-7,14,24H2,1-4H3,(H,25,27)/t16-/m1/s1. The van der Waals surface area contributed by atoms with Crippen LogP contribution in [0.5, 0.6) is 0 Å². The number of hydrogen-bond donors (Lipinski definition) is 2. The summed E-state index contributed by atoms with van der Waals surface area (Å²) >= 11 is 0. The average Bonchev–Trinajstić information content (AvgIpc) is 2.62. The molecule has 0 aromatic heterocycles. The van der Waals surface area contributed by atoms with Crippen LogP contribution in [0.1, 0.15) is 62.9 Å². The van der Waals surface area contributed by atoms with Crippen LogP contribution in [0.4, 0.5) is 17.1 Å². The number of nitrogens with one attached hydrogen (secondary N) is 1. The van der Waals surface area contributed by atoms with Crippen LogP contribution in [0.25, 0.3) is 0 Å². The Kier molecular flexibility index (Phi) is 5.45. The lowest BCUT2D eigenvalue weighted by Gasteiger charge is -2.36. The molecule has 3 rings (SSSR count). The summed E-state index contributed by atoms with van der Waals surface area (Å²) in [6.45, 7) is 9.77. The molecule has 144 valence electrons. The molecule has 0 unspecified atom stereocenters. The van der Waals surface area contributed by atoms with Crippen molar-refractivity contribution < 1.29 is 4.79 Å². The Morgan fingerprint density at radius 2 is 1.81 bits per heavy atom. The Hall–Kier alpha value is -2.49. The topological polar surface area (TPSA) is 58.4 Å². The highest BCUT2D eigenvalue weighted by Gasteiger charge is 2.20. The molecule has 4 heteroatoms. The van der Waals surface area contributed by atoms with E-state index in [2.05, 4.69) is 37.9 Å². The van der Waals surface area contributed by atoms with Crippen molar-refractivity contribution >= 4 is 23.0 Å². The highest BCUT2D eigenvalue weighted by atomic mass is 16.1. The number of benzene rings is 2. The minimum absolute atomic E-state index is 0.0743. The molecule has 2 aromatic carbocycles. The first-order valence-electron chi connectivity index (χ1n) is 9.84. The number of nitrogen functional groups attached to an aromatic ring is 1. The van der Waals surface area contributed by atoms with E-state index in [-0.39, 0.29) is 11.3 Å².